The summed E-state index contributed by atoms with van der Waals surface area (Å²) in [6.07, 6.45) is 6.23. The van der Waals surface area contributed by atoms with Gasteiger partial charge in [0.2, 0.25) is 0 Å². The molecule has 0 spiro atoms. The second-order valence-corrected chi connectivity index (χ2v) is 6.70. The number of carboxylic acid groups (broad SMARTS) is 1. The first-order valence-electron chi connectivity index (χ1n) is 8.23. The molecular formula is C18H25NO2. The smallest absolute Gasteiger partial charge is 0.303 e. The van der Waals surface area contributed by atoms with E-state index in [0.717, 1.165) is 32.0 Å². The van der Waals surface area contributed by atoms with Gasteiger partial charge in [-0.3, -0.25) is 9.69 Å². The number of nitrogens with zero attached hydrogens (tertiary/aromatic N) is 1. The molecule has 3 rings (SSSR count). The second-order valence-electron chi connectivity index (χ2n) is 6.70. The Morgan fingerprint density at radius 3 is 2.90 bits per heavy atom. The number of likely N-dealkylation sites (tertiary alicyclic amines) is 1. The van der Waals surface area contributed by atoms with Crippen LogP contribution in [0.15, 0.2) is 24.3 Å². The Bertz CT molecular complexity index is 496. The zero-order valence-corrected chi connectivity index (χ0v) is 12.6. The van der Waals surface area contributed by atoms with E-state index in [1.807, 2.05) is 0 Å². The van der Waals surface area contributed by atoms with Crippen LogP contribution in [0, 0.1) is 5.92 Å². The fourth-order valence-electron chi connectivity index (χ4n) is 3.48. The average Bonchev–Trinajstić information content (AvgIpc) is 3.30. The maximum absolute atomic E-state index is 10.7. The summed E-state index contributed by atoms with van der Waals surface area (Å²) in [6.45, 7) is 3.22. The van der Waals surface area contributed by atoms with Gasteiger partial charge in [-0.25, -0.2) is 0 Å². The summed E-state index contributed by atoms with van der Waals surface area (Å²) in [6, 6.07) is 9.05. The van der Waals surface area contributed by atoms with E-state index in [-0.39, 0.29) is 0 Å². The van der Waals surface area contributed by atoms with Gasteiger partial charge < -0.3 is 5.11 Å². The first-order valence-corrected chi connectivity index (χ1v) is 8.23. The van der Waals surface area contributed by atoms with Crippen molar-refractivity contribution in [3.63, 3.8) is 0 Å². The lowest BCUT2D eigenvalue weighted by molar-refractivity contribution is -0.137. The first-order chi connectivity index (χ1) is 10.2. The molecule has 2 aliphatic rings. The number of rotatable bonds is 6. The highest BCUT2D eigenvalue weighted by Gasteiger charge is 2.24. The van der Waals surface area contributed by atoms with Gasteiger partial charge in [0.05, 0.1) is 0 Å². The Morgan fingerprint density at radius 1 is 1.29 bits per heavy atom. The van der Waals surface area contributed by atoms with E-state index in [4.69, 9.17) is 5.11 Å². The van der Waals surface area contributed by atoms with Gasteiger partial charge in [0.25, 0.3) is 0 Å². The molecule has 1 atom stereocenters. The van der Waals surface area contributed by atoms with Crippen LogP contribution in [-0.2, 0) is 11.3 Å². The van der Waals surface area contributed by atoms with E-state index in [1.54, 1.807) is 0 Å². The highest BCUT2D eigenvalue weighted by molar-refractivity contribution is 5.66. The number of carbonyl (C=O) groups is 1. The summed E-state index contributed by atoms with van der Waals surface area (Å²) in [4.78, 5) is 13.2. The number of carboxylic acids is 1. The summed E-state index contributed by atoms with van der Waals surface area (Å²) < 4.78 is 0. The molecule has 0 aromatic heterocycles. The van der Waals surface area contributed by atoms with Crippen molar-refractivity contribution in [2.24, 2.45) is 5.92 Å². The predicted octanol–water partition coefficient (Wildman–Crippen LogP) is 3.64. The third-order valence-electron chi connectivity index (χ3n) is 4.78. The van der Waals surface area contributed by atoms with Crippen LogP contribution < -0.4 is 0 Å². The molecule has 2 fully saturated rings. The van der Waals surface area contributed by atoms with Gasteiger partial charge in [0, 0.05) is 19.5 Å². The van der Waals surface area contributed by atoms with Crippen molar-refractivity contribution in [1.29, 1.82) is 0 Å². The van der Waals surface area contributed by atoms with Crippen molar-refractivity contribution in [1.82, 2.24) is 4.90 Å². The molecule has 1 unspecified atom stereocenters. The van der Waals surface area contributed by atoms with E-state index in [0.29, 0.717) is 12.3 Å². The van der Waals surface area contributed by atoms with Crippen molar-refractivity contribution in [3.05, 3.63) is 35.4 Å². The number of hydrogen-bond donors (Lipinski definition) is 1. The number of aliphatic carboxylic acids is 1. The molecule has 1 aromatic rings. The molecule has 21 heavy (non-hydrogen) atoms. The average molecular weight is 287 g/mol. The third kappa shape index (κ3) is 4.31. The summed E-state index contributed by atoms with van der Waals surface area (Å²) in [5, 5.41) is 8.82. The van der Waals surface area contributed by atoms with Gasteiger partial charge in [-0.15, -0.1) is 0 Å². The van der Waals surface area contributed by atoms with Gasteiger partial charge in [-0.1, -0.05) is 24.3 Å². The van der Waals surface area contributed by atoms with E-state index in [1.165, 1.54) is 36.8 Å². The van der Waals surface area contributed by atoms with Gasteiger partial charge in [-0.2, -0.15) is 0 Å². The summed E-state index contributed by atoms with van der Waals surface area (Å²) >= 11 is 0. The first kappa shape index (κ1) is 14.6. The lowest BCUT2D eigenvalue weighted by Crippen LogP contribution is -2.35. The zero-order valence-electron chi connectivity index (χ0n) is 12.6. The molecule has 1 saturated carbocycles. The van der Waals surface area contributed by atoms with E-state index < -0.39 is 5.97 Å². The molecule has 3 heteroatoms. The van der Waals surface area contributed by atoms with Crippen LogP contribution in [0.25, 0.3) is 0 Å². The van der Waals surface area contributed by atoms with Crippen LogP contribution in [-0.4, -0.2) is 29.1 Å². The Labute approximate surface area is 127 Å². The maximum atomic E-state index is 10.7. The van der Waals surface area contributed by atoms with Crippen LogP contribution in [0.5, 0.6) is 0 Å². The number of hydrogen-bond acceptors (Lipinski definition) is 2. The minimum Gasteiger partial charge on any atom is -0.481 e. The largest absolute Gasteiger partial charge is 0.481 e. The van der Waals surface area contributed by atoms with Gasteiger partial charge in [0.1, 0.15) is 0 Å². The van der Waals surface area contributed by atoms with Crippen LogP contribution in [0.1, 0.15) is 55.6 Å². The Kier molecular flexibility index (Phi) is 4.59. The quantitative estimate of drug-likeness (QED) is 0.868. The fraction of sp³-hybridized carbons (Fsp3) is 0.611. The molecule has 1 saturated heterocycles. The fourth-order valence-corrected chi connectivity index (χ4v) is 3.48. The molecule has 1 aromatic carbocycles. The van der Waals surface area contributed by atoms with E-state index in [9.17, 15) is 4.79 Å². The zero-order chi connectivity index (χ0) is 14.7. The van der Waals surface area contributed by atoms with Crippen LogP contribution in [0.2, 0.25) is 0 Å². The second kappa shape index (κ2) is 6.61. The maximum Gasteiger partial charge on any atom is 0.303 e. The number of benzene rings is 1. The van der Waals surface area contributed by atoms with Crippen molar-refractivity contribution in [2.75, 3.05) is 13.1 Å². The molecule has 1 N–H and O–H groups in total. The minimum absolute atomic E-state index is 0.315. The molecule has 0 radical (unpaired) electrons. The summed E-state index contributed by atoms with van der Waals surface area (Å²) in [7, 11) is 0. The third-order valence-corrected chi connectivity index (χ3v) is 4.78. The molecule has 1 aliphatic carbocycles. The van der Waals surface area contributed by atoms with Crippen LogP contribution >= 0.6 is 0 Å². The molecule has 0 amide bonds. The van der Waals surface area contributed by atoms with Gasteiger partial charge >= 0.3 is 5.97 Å². The van der Waals surface area contributed by atoms with Crippen molar-refractivity contribution < 1.29 is 9.90 Å². The Hall–Kier alpha value is -1.35. The molecule has 3 nitrogen and oxygen atoms in total. The normalized spacial score (nSPS) is 23.1. The van der Waals surface area contributed by atoms with Crippen molar-refractivity contribution >= 4 is 5.97 Å². The summed E-state index contributed by atoms with van der Waals surface area (Å²) in [5.74, 6) is 0.709. The van der Waals surface area contributed by atoms with E-state index >= 15 is 0 Å². The minimum atomic E-state index is -0.663. The lowest BCUT2D eigenvalue weighted by Gasteiger charge is -2.32. The highest BCUT2D eigenvalue weighted by Crippen LogP contribution is 2.40. The predicted molar refractivity (Wildman–Crippen MR) is 83.3 cm³/mol. The molecule has 1 heterocycles. The topological polar surface area (TPSA) is 40.5 Å². The standard InChI is InChI=1S/C18H25NO2/c20-18(21)9-6-14-4-2-10-19(12-14)13-15-3-1-5-17(11-15)16-7-8-16/h1,3,5,11,14,16H,2,4,6-10,12-13H2,(H,20,21). The molecule has 1 aliphatic heterocycles. The summed E-state index contributed by atoms with van der Waals surface area (Å²) in [5.41, 5.74) is 2.92. The molecular weight excluding hydrogens is 262 g/mol. The van der Waals surface area contributed by atoms with E-state index in [2.05, 4.69) is 29.2 Å². The monoisotopic (exact) mass is 287 g/mol. The van der Waals surface area contributed by atoms with Crippen molar-refractivity contribution in [3.8, 4) is 0 Å². The van der Waals surface area contributed by atoms with Crippen LogP contribution in [0.4, 0.5) is 0 Å². The Balaban J connectivity index is 1.54. The highest BCUT2D eigenvalue weighted by atomic mass is 16.4. The SMILES string of the molecule is O=C(O)CCC1CCCN(Cc2cccc(C3CC3)c2)C1. The van der Waals surface area contributed by atoms with Gasteiger partial charge in [0.15, 0.2) is 0 Å². The molecule has 0 bridgehead atoms. The van der Waals surface area contributed by atoms with Gasteiger partial charge in [-0.05, 0) is 61.6 Å². The van der Waals surface area contributed by atoms with Crippen molar-refractivity contribution in [2.45, 2.75) is 51.0 Å². The number of piperidine rings is 1. The van der Waals surface area contributed by atoms with Crippen LogP contribution in [0.3, 0.4) is 0 Å². The molecule has 114 valence electrons. The lowest BCUT2D eigenvalue weighted by atomic mass is 9.93. The Morgan fingerprint density at radius 2 is 2.14 bits per heavy atom.